The van der Waals surface area contributed by atoms with Crippen LogP contribution < -0.4 is 4.90 Å². The molecule has 1 nitrogen and oxygen atoms in total. The first kappa shape index (κ1) is 12.1. The van der Waals surface area contributed by atoms with Crippen LogP contribution in [0.2, 0.25) is 0 Å². The first-order chi connectivity index (χ1) is 7.84. The zero-order valence-corrected chi connectivity index (χ0v) is 11.4. The van der Waals surface area contributed by atoms with Crippen molar-refractivity contribution in [1.82, 2.24) is 0 Å². The van der Waals surface area contributed by atoms with Crippen LogP contribution in [0.5, 0.6) is 0 Å². The average Bonchev–Trinajstić information content (AvgIpc) is 2.22. The van der Waals surface area contributed by atoms with Crippen LogP contribution in [0.15, 0.2) is 28.7 Å². The minimum absolute atomic E-state index is 1.19. The molecule has 1 aliphatic rings. The van der Waals surface area contributed by atoms with E-state index in [1.165, 1.54) is 61.8 Å². The van der Waals surface area contributed by atoms with Gasteiger partial charge >= 0.3 is 0 Å². The minimum atomic E-state index is 1.19. The molecule has 2 heteroatoms. The Morgan fingerprint density at radius 3 is 2.38 bits per heavy atom. The van der Waals surface area contributed by atoms with Crippen LogP contribution in [0.3, 0.4) is 0 Å². The molecule has 1 aromatic rings. The van der Waals surface area contributed by atoms with E-state index in [1.54, 1.807) is 4.90 Å². The second kappa shape index (κ2) is 6.41. The number of halogens is 1. The minimum Gasteiger partial charge on any atom is -0.331 e. The molecule has 1 N–H and O–H groups in total. The zero-order chi connectivity index (χ0) is 11.2. The maximum atomic E-state index is 3.55. The molecule has 0 spiro atoms. The van der Waals surface area contributed by atoms with Gasteiger partial charge in [0, 0.05) is 10.0 Å². The van der Waals surface area contributed by atoms with E-state index < -0.39 is 0 Å². The second-order valence-electron chi connectivity index (χ2n) is 4.82. The van der Waals surface area contributed by atoms with Gasteiger partial charge in [-0.25, -0.2) is 0 Å². The summed E-state index contributed by atoms with van der Waals surface area (Å²) in [5, 5.41) is 0. The molecule has 0 saturated carbocycles. The highest BCUT2D eigenvalue weighted by Crippen LogP contribution is 2.11. The van der Waals surface area contributed by atoms with Gasteiger partial charge in [-0.05, 0) is 37.8 Å². The number of benzene rings is 1. The summed E-state index contributed by atoms with van der Waals surface area (Å²) in [6.45, 7) is 3.90. The fourth-order valence-corrected chi connectivity index (χ4v) is 2.96. The summed E-state index contributed by atoms with van der Waals surface area (Å²) in [5.41, 5.74) is 1.46. The van der Waals surface area contributed by atoms with Gasteiger partial charge in [0.25, 0.3) is 0 Å². The Morgan fingerprint density at radius 2 is 1.69 bits per heavy atom. The van der Waals surface area contributed by atoms with Gasteiger partial charge in [0.2, 0.25) is 0 Å². The van der Waals surface area contributed by atoms with Gasteiger partial charge in [0.05, 0.1) is 13.1 Å². The molecule has 2 rings (SSSR count). The average molecular weight is 283 g/mol. The first-order valence-electron chi connectivity index (χ1n) is 6.42. The van der Waals surface area contributed by atoms with E-state index in [0.717, 1.165) is 0 Å². The van der Waals surface area contributed by atoms with Crippen LogP contribution in [-0.4, -0.2) is 13.1 Å². The molecule has 1 aliphatic heterocycles. The van der Waals surface area contributed by atoms with Gasteiger partial charge in [0.15, 0.2) is 0 Å². The number of quaternary nitrogens is 1. The van der Waals surface area contributed by atoms with Crippen LogP contribution >= 0.6 is 15.9 Å². The monoisotopic (exact) mass is 282 g/mol. The molecule has 0 radical (unpaired) electrons. The summed E-state index contributed by atoms with van der Waals surface area (Å²) in [4.78, 5) is 1.76. The van der Waals surface area contributed by atoms with E-state index in [1.807, 2.05) is 0 Å². The maximum Gasteiger partial charge on any atom is 0.103 e. The topological polar surface area (TPSA) is 4.44 Å². The van der Waals surface area contributed by atoms with E-state index in [-0.39, 0.29) is 0 Å². The van der Waals surface area contributed by atoms with E-state index in [9.17, 15) is 0 Å². The van der Waals surface area contributed by atoms with E-state index in [2.05, 4.69) is 40.2 Å². The zero-order valence-electron chi connectivity index (χ0n) is 9.84. The SMILES string of the molecule is Brc1cccc(C[NH+]2CCCCCCC2)c1. The molecule has 1 heterocycles. The Morgan fingerprint density at radius 1 is 1.00 bits per heavy atom. The molecule has 16 heavy (non-hydrogen) atoms. The summed E-state index contributed by atoms with van der Waals surface area (Å²) >= 11 is 3.55. The largest absolute Gasteiger partial charge is 0.331 e. The first-order valence-corrected chi connectivity index (χ1v) is 7.22. The molecule has 0 aromatic heterocycles. The Hall–Kier alpha value is -0.340. The Labute approximate surface area is 107 Å². The normalized spacial score (nSPS) is 19.1. The molecule has 88 valence electrons. The van der Waals surface area contributed by atoms with Gasteiger partial charge in [-0.3, -0.25) is 0 Å². The lowest BCUT2D eigenvalue weighted by molar-refractivity contribution is -0.914. The highest BCUT2D eigenvalue weighted by atomic mass is 79.9. The summed E-state index contributed by atoms with van der Waals surface area (Å²) in [5.74, 6) is 0. The van der Waals surface area contributed by atoms with Crippen molar-refractivity contribution in [1.29, 1.82) is 0 Å². The lowest BCUT2D eigenvalue weighted by Gasteiger charge is -2.21. The predicted octanol–water partition coefficient (Wildman–Crippen LogP) is 2.80. The molecule has 0 amide bonds. The number of rotatable bonds is 2. The molecule has 0 aliphatic carbocycles. The highest BCUT2D eigenvalue weighted by molar-refractivity contribution is 9.10. The quantitative estimate of drug-likeness (QED) is 0.851. The van der Waals surface area contributed by atoms with Crippen molar-refractivity contribution in [2.75, 3.05) is 13.1 Å². The van der Waals surface area contributed by atoms with Gasteiger partial charge in [-0.1, -0.05) is 34.5 Å². The van der Waals surface area contributed by atoms with Crippen molar-refractivity contribution in [2.45, 2.75) is 38.6 Å². The van der Waals surface area contributed by atoms with Crippen LogP contribution in [-0.2, 0) is 6.54 Å². The van der Waals surface area contributed by atoms with Crippen molar-refractivity contribution in [3.8, 4) is 0 Å². The third-order valence-electron chi connectivity index (χ3n) is 3.40. The maximum absolute atomic E-state index is 3.55. The number of likely N-dealkylation sites (tertiary alicyclic amines) is 1. The summed E-state index contributed by atoms with van der Waals surface area (Å²) in [6, 6.07) is 8.75. The molecule has 1 aromatic carbocycles. The van der Waals surface area contributed by atoms with Gasteiger partial charge < -0.3 is 4.90 Å². The lowest BCUT2D eigenvalue weighted by Crippen LogP contribution is -3.10. The number of hydrogen-bond acceptors (Lipinski definition) is 0. The molecular weight excluding hydrogens is 262 g/mol. The van der Waals surface area contributed by atoms with Crippen molar-refractivity contribution in [3.05, 3.63) is 34.3 Å². The molecule has 0 bridgehead atoms. The molecule has 1 fully saturated rings. The smallest absolute Gasteiger partial charge is 0.103 e. The fourth-order valence-electron chi connectivity index (χ4n) is 2.52. The molecular formula is C14H21BrN+. The second-order valence-corrected chi connectivity index (χ2v) is 5.74. The van der Waals surface area contributed by atoms with E-state index in [0.29, 0.717) is 0 Å². The Balaban J connectivity index is 1.91. The Kier molecular flexibility index (Phi) is 4.86. The summed E-state index contributed by atoms with van der Waals surface area (Å²) in [6.07, 6.45) is 7.13. The number of nitrogens with one attached hydrogen (secondary N) is 1. The third-order valence-corrected chi connectivity index (χ3v) is 3.90. The van der Waals surface area contributed by atoms with E-state index in [4.69, 9.17) is 0 Å². The third kappa shape index (κ3) is 3.91. The van der Waals surface area contributed by atoms with Crippen molar-refractivity contribution in [2.24, 2.45) is 0 Å². The summed E-state index contributed by atoms with van der Waals surface area (Å²) in [7, 11) is 0. The highest BCUT2D eigenvalue weighted by Gasteiger charge is 2.11. The van der Waals surface area contributed by atoms with Gasteiger partial charge in [0.1, 0.15) is 6.54 Å². The van der Waals surface area contributed by atoms with Crippen molar-refractivity contribution < 1.29 is 4.90 Å². The van der Waals surface area contributed by atoms with E-state index >= 15 is 0 Å². The van der Waals surface area contributed by atoms with Crippen LogP contribution in [0, 0.1) is 0 Å². The molecule has 0 unspecified atom stereocenters. The predicted molar refractivity (Wildman–Crippen MR) is 71.6 cm³/mol. The lowest BCUT2D eigenvalue weighted by atomic mass is 10.1. The van der Waals surface area contributed by atoms with Crippen LogP contribution in [0.1, 0.15) is 37.7 Å². The fraction of sp³-hybridized carbons (Fsp3) is 0.571. The van der Waals surface area contributed by atoms with Crippen LogP contribution in [0.25, 0.3) is 0 Å². The summed E-state index contributed by atoms with van der Waals surface area (Å²) < 4.78 is 1.21. The van der Waals surface area contributed by atoms with Crippen molar-refractivity contribution >= 4 is 15.9 Å². The Bertz CT molecular complexity index is 316. The van der Waals surface area contributed by atoms with Crippen LogP contribution in [0.4, 0.5) is 0 Å². The molecule has 0 atom stereocenters. The standard InChI is InChI=1S/C14H20BrN/c15-14-8-6-7-13(11-14)12-16-9-4-2-1-3-5-10-16/h6-8,11H,1-5,9-10,12H2/p+1. The van der Waals surface area contributed by atoms with Crippen molar-refractivity contribution in [3.63, 3.8) is 0 Å². The molecule has 1 saturated heterocycles. The van der Waals surface area contributed by atoms with Gasteiger partial charge in [-0.15, -0.1) is 0 Å². The number of hydrogen-bond donors (Lipinski definition) is 1. The van der Waals surface area contributed by atoms with Gasteiger partial charge in [-0.2, -0.15) is 0 Å².